The highest BCUT2D eigenvalue weighted by molar-refractivity contribution is 5.91. The van der Waals surface area contributed by atoms with Crippen molar-refractivity contribution >= 4 is 17.7 Å². The molecule has 0 aromatic heterocycles. The van der Waals surface area contributed by atoms with Crippen LogP contribution in [0.1, 0.15) is 64.7 Å². The molecule has 5 N–H and O–H groups in total. The summed E-state index contributed by atoms with van der Waals surface area (Å²) in [6, 6.07) is -0.996. The van der Waals surface area contributed by atoms with Gasteiger partial charge in [0.05, 0.1) is 5.54 Å². The normalized spacial score (nSPS) is 28.5. The number of halogens is 2. The molecule has 28 heavy (non-hydrogen) atoms. The van der Waals surface area contributed by atoms with E-state index in [0.717, 1.165) is 25.7 Å². The van der Waals surface area contributed by atoms with Crippen molar-refractivity contribution in [3.8, 4) is 0 Å². The summed E-state index contributed by atoms with van der Waals surface area (Å²) in [6.45, 7) is 2.02. The molecule has 9 heteroatoms. The molecular weight excluding hydrogens is 372 g/mol. The number of carbonyl (C=O) groups is 3. The van der Waals surface area contributed by atoms with E-state index in [1.807, 2.05) is 6.92 Å². The molecule has 0 aromatic carbocycles. The van der Waals surface area contributed by atoms with E-state index in [0.29, 0.717) is 25.7 Å². The molecule has 3 fully saturated rings. The van der Waals surface area contributed by atoms with E-state index in [-0.39, 0.29) is 5.41 Å². The second kappa shape index (κ2) is 7.24. The average Bonchev–Trinajstić information content (AvgIpc) is 3.00. The zero-order valence-electron chi connectivity index (χ0n) is 16.1. The molecule has 0 heterocycles. The zero-order chi connectivity index (χ0) is 20.7. The molecule has 3 rings (SSSR count). The van der Waals surface area contributed by atoms with Crippen LogP contribution in [-0.2, 0) is 14.4 Å². The highest BCUT2D eigenvalue weighted by Gasteiger charge is 2.61. The van der Waals surface area contributed by atoms with Gasteiger partial charge in [0.2, 0.25) is 17.7 Å². The quantitative estimate of drug-likeness (QED) is 0.484. The van der Waals surface area contributed by atoms with E-state index in [1.54, 1.807) is 0 Å². The lowest BCUT2D eigenvalue weighted by Gasteiger charge is -2.45. The lowest BCUT2D eigenvalue weighted by atomic mass is 9.72. The SMILES string of the molecule is CC1(CC(NC(=O)C2CC2(F)F)C(=O)NC2(C(O)C(N)=O)CCC2)CCCC1. The van der Waals surface area contributed by atoms with Crippen LogP contribution in [-0.4, -0.2) is 46.4 Å². The second-order valence-corrected chi connectivity index (χ2v) is 9.10. The van der Waals surface area contributed by atoms with Gasteiger partial charge in [-0.1, -0.05) is 19.8 Å². The Bertz CT molecular complexity index is 660. The molecule has 3 aliphatic rings. The monoisotopic (exact) mass is 401 g/mol. The van der Waals surface area contributed by atoms with Crippen LogP contribution in [0.25, 0.3) is 0 Å². The number of aliphatic hydroxyl groups excluding tert-OH is 1. The van der Waals surface area contributed by atoms with Gasteiger partial charge in [-0.2, -0.15) is 0 Å². The molecule has 3 aliphatic carbocycles. The molecule has 0 aromatic rings. The summed E-state index contributed by atoms with van der Waals surface area (Å²) < 4.78 is 26.5. The minimum absolute atomic E-state index is 0.170. The van der Waals surface area contributed by atoms with Crippen LogP contribution in [0.4, 0.5) is 8.78 Å². The first-order chi connectivity index (χ1) is 13.0. The highest BCUT2D eigenvalue weighted by atomic mass is 19.3. The fraction of sp³-hybridized carbons (Fsp3) is 0.842. The molecule has 3 saturated carbocycles. The maximum Gasteiger partial charge on any atom is 0.260 e. The molecule has 7 nitrogen and oxygen atoms in total. The van der Waals surface area contributed by atoms with Crippen molar-refractivity contribution in [3.05, 3.63) is 0 Å². The maximum absolute atomic E-state index is 13.3. The van der Waals surface area contributed by atoms with Crippen LogP contribution in [0.15, 0.2) is 0 Å². The van der Waals surface area contributed by atoms with Crippen molar-refractivity contribution in [1.29, 1.82) is 0 Å². The van der Waals surface area contributed by atoms with E-state index in [2.05, 4.69) is 10.6 Å². The summed E-state index contributed by atoms with van der Waals surface area (Å²) in [5, 5.41) is 15.3. The van der Waals surface area contributed by atoms with E-state index in [4.69, 9.17) is 5.73 Å². The predicted octanol–water partition coefficient (Wildman–Crippen LogP) is 0.982. The van der Waals surface area contributed by atoms with Crippen LogP contribution in [0.5, 0.6) is 0 Å². The number of nitrogens with one attached hydrogen (secondary N) is 2. The van der Waals surface area contributed by atoms with E-state index >= 15 is 0 Å². The Kier molecular flexibility index (Phi) is 5.42. The first-order valence-corrected chi connectivity index (χ1v) is 9.96. The fourth-order valence-corrected chi connectivity index (χ4v) is 4.53. The topological polar surface area (TPSA) is 122 Å². The number of primary amides is 1. The zero-order valence-corrected chi connectivity index (χ0v) is 16.1. The third-order valence-corrected chi connectivity index (χ3v) is 6.69. The van der Waals surface area contributed by atoms with Gasteiger partial charge in [0.25, 0.3) is 5.92 Å². The van der Waals surface area contributed by atoms with Crippen molar-refractivity contribution in [2.24, 2.45) is 17.1 Å². The van der Waals surface area contributed by atoms with Gasteiger partial charge < -0.3 is 21.5 Å². The van der Waals surface area contributed by atoms with Gasteiger partial charge in [0, 0.05) is 6.42 Å². The van der Waals surface area contributed by atoms with Gasteiger partial charge >= 0.3 is 0 Å². The van der Waals surface area contributed by atoms with Crippen LogP contribution in [0, 0.1) is 11.3 Å². The standard InChI is InChI=1S/C19H29F2N3O4/c1-17(5-2-3-6-17)10-12(23-15(27)11-9-19(11,20)21)16(28)24-18(7-4-8-18)13(25)14(22)26/h11-13,25H,2-10H2,1H3,(H2,22,26)(H,23,27)(H,24,28). The Labute approximate surface area is 162 Å². The average molecular weight is 401 g/mol. The molecule has 0 aliphatic heterocycles. The number of hydrogen-bond acceptors (Lipinski definition) is 4. The van der Waals surface area contributed by atoms with Crippen molar-refractivity contribution in [3.63, 3.8) is 0 Å². The number of carbonyl (C=O) groups excluding carboxylic acids is 3. The molecule has 158 valence electrons. The minimum atomic E-state index is -3.01. The van der Waals surface area contributed by atoms with Gasteiger partial charge in [-0.3, -0.25) is 14.4 Å². The third-order valence-electron chi connectivity index (χ3n) is 6.69. The van der Waals surface area contributed by atoms with E-state index in [1.165, 1.54) is 0 Å². The number of hydrogen-bond donors (Lipinski definition) is 4. The van der Waals surface area contributed by atoms with Gasteiger partial charge in [-0.05, 0) is 43.9 Å². The van der Waals surface area contributed by atoms with Crippen LogP contribution in [0.3, 0.4) is 0 Å². The molecule has 0 radical (unpaired) electrons. The lowest BCUT2D eigenvalue weighted by molar-refractivity contribution is -0.140. The van der Waals surface area contributed by atoms with E-state index < -0.39 is 53.7 Å². The highest BCUT2D eigenvalue weighted by Crippen LogP contribution is 2.49. The first-order valence-electron chi connectivity index (χ1n) is 9.96. The summed E-state index contributed by atoms with van der Waals surface area (Å²) >= 11 is 0. The van der Waals surface area contributed by atoms with Gasteiger partial charge in [-0.25, -0.2) is 8.78 Å². The minimum Gasteiger partial charge on any atom is -0.381 e. The van der Waals surface area contributed by atoms with Crippen molar-refractivity contribution in [1.82, 2.24) is 10.6 Å². The van der Waals surface area contributed by atoms with Gasteiger partial charge in [-0.15, -0.1) is 0 Å². The van der Waals surface area contributed by atoms with E-state index in [9.17, 15) is 28.3 Å². The summed E-state index contributed by atoms with van der Waals surface area (Å²) in [5.74, 6) is -6.73. The number of amides is 3. The molecule has 3 atom stereocenters. The van der Waals surface area contributed by atoms with Crippen LogP contribution in [0.2, 0.25) is 0 Å². The lowest BCUT2D eigenvalue weighted by Crippen LogP contribution is -2.67. The van der Waals surface area contributed by atoms with Crippen LogP contribution >= 0.6 is 0 Å². The maximum atomic E-state index is 13.3. The summed E-state index contributed by atoms with van der Waals surface area (Å²) in [7, 11) is 0. The Morgan fingerprint density at radius 1 is 1.14 bits per heavy atom. The Hall–Kier alpha value is -1.77. The largest absolute Gasteiger partial charge is 0.381 e. The first kappa shape index (κ1) is 21.0. The fourth-order valence-electron chi connectivity index (χ4n) is 4.53. The number of nitrogens with two attached hydrogens (primary N) is 1. The molecule has 0 bridgehead atoms. The Morgan fingerprint density at radius 2 is 1.71 bits per heavy atom. The molecular formula is C19H29F2N3O4. The molecule has 0 saturated heterocycles. The number of alkyl halides is 2. The van der Waals surface area contributed by atoms with Crippen LogP contribution < -0.4 is 16.4 Å². The summed E-state index contributed by atoms with van der Waals surface area (Å²) in [6.07, 6.45) is 3.60. The third kappa shape index (κ3) is 4.14. The Morgan fingerprint density at radius 3 is 2.14 bits per heavy atom. The second-order valence-electron chi connectivity index (χ2n) is 9.10. The molecule has 0 spiro atoms. The number of aliphatic hydroxyl groups is 1. The summed E-state index contributed by atoms with van der Waals surface area (Å²) in [4.78, 5) is 36.6. The smallest absolute Gasteiger partial charge is 0.260 e. The molecule has 3 unspecified atom stereocenters. The Balaban J connectivity index is 1.72. The molecule has 3 amide bonds. The predicted molar refractivity (Wildman–Crippen MR) is 96.1 cm³/mol. The number of rotatable bonds is 8. The van der Waals surface area contributed by atoms with Gasteiger partial charge in [0.15, 0.2) is 6.10 Å². The van der Waals surface area contributed by atoms with Crippen molar-refractivity contribution in [2.75, 3.05) is 0 Å². The van der Waals surface area contributed by atoms with Gasteiger partial charge in [0.1, 0.15) is 12.0 Å². The van der Waals surface area contributed by atoms with Crippen molar-refractivity contribution < 1.29 is 28.3 Å². The summed E-state index contributed by atoms with van der Waals surface area (Å²) in [5.41, 5.74) is 3.88. The van der Waals surface area contributed by atoms with Crippen molar-refractivity contribution in [2.45, 2.75) is 88.3 Å².